The number of rotatable bonds is 6. The van der Waals surface area contributed by atoms with E-state index in [0.717, 1.165) is 17.3 Å². The smallest absolute Gasteiger partial charge is 0.325 e. The zero-order valence-corrected chi connectivity index (χ0v) is 15.1. The van der Waals surface area contributed by atoms with E-state index in [1.807, 2.05) is 0 Å². The molecule has 1 fully saturated rings. The minimum absolute atomic E-state index is 0.0321. The summed E-state index contributed by atoms with van der Waals surface area (Å²) in [6.45, 7) is 1.93. The standard InChI is InChI=1S/C17H21BrN2O4/c1-2-24-17(23)15(13-5-3-4-6-14(13)21)19-20-16(22)11-7-9-12(18)10-8-11/h7-10,13,15,19H,2-6H2,1H3,(H,20,22)/t13?,15-/m1/s1. The summed E-state index contributed by atoms with van der Waals surface area (Å²) in [5.41, 5.74) is 5.68. The highest BCUT2D eigenvalue weighted by atomic mass is 79.9. The lowest BCUT2D eigenvalue weighted by Gasteiger charge is -2.28. The molecule has 2 rings (SSSR count). The van der Waals surface area contributed by atoms with Crippen molar-refractivity contribution in [2.24, 2.45) is 5.92 Å². The first kappa shape index (κ1) is 18.6. The van der Waals surface area contributed by atoms with Crippen LogP contribution in [0.15, 0.2) is 28.7 Å². The summed E-state index contributed by atoms with van der Waals surface area (Å²) < 4.78 is 5.91. The van der Waals surface area contributed by atoms with E-state index in [9.17, 15) is 14.4 Å². The topological polar surface area (TPSA) is 84.5 Å². The highest BCUT2D eigenvalue weighted by Gasteiger charge is 2.36. The lowest BCUT2D eigenvalue weighted by atomic mass is 9.83. The Kier molecular flexibility index (Phi) is 6.93. The van der Waals surface area contributed by atoms with Crippen molar-refractivity contribution >= 4 is 33.6 Å². The van der Waals surface area contributed by atoms with Crippen LogP contribution in [0.5, 0.6) is 0 Å². The number of ether oxygens (including phenoxy) is 1. The molecular weight excluding hydrogens is 376 g/mol. The Balaban J connectivity index is 2.04. The zero-order chi connectivity index (χ0) is 17.5. The summed E-state index contributed by atoms with van der Waals surface area (Å²) in [4.78, 5) is 36.5. The first-order valence-corrected chi connectivity index (χ1v) is 8.83. The SMILES string of the molecule is CCOC(=O)[C@H](NNC(=O)c1ccc(Br)cc1)C1CCCCC1=O. The fraction of sp³-hybridized carbons (Fsp3) is 0.471. The molecule has 0 saturated heterocycles. The minimum atomic E-state index is -0.864. The predicted molar refractivity (Wildman–Crippen MR) is 92.1 cm³/mol. The van der Waals surface area contributed by atoms with Crippen LogP contribution in [0.3, 0.4) is 0 Å². The van der Waals surface area contributed by atoms with E-state index >= 15 is 0 Å². The van der Waals surface area contributed by atoms with E-state index in [-0.39, 0.29) is 18.3 Å². The molecule has 0 aliphatic heterocycles. The molecule has 0 radical (unpaired) electrons. The Morgan fingerprint density at radius 1 is 1.29 bits per heavy atom. The van der Waals surface area contributed by atoms with E-state index in [1.54, 1.807) is 31.2 Å². The van der Waals surface area contributed by atoms with E-state index in [0.29, 0.717) is 18.4 Å². The van der Waals surface area contributed by atoms with Gasteiger partial charge in [-0.1, -0.05) is 22.4 Å². The largest absolute Gasteiger partial charge is 0.465 e. The van der Waals surface area contributed by atoms with Crippen molar-refractivity contribution in [2.75, 3.05) is 6.61 Å². The normalized spacial score (nSPS) is 18.8. The molecule has 1 aliphatic rings. The maximum Gasteiger partial charge on any atom is 0.325 e. The van der Waals surface area contributed by atoms with Gasteiger partial charge in [-0.05, 0) is 44.0 Å². The number of ketones is 1. The van der Waals surface area contributed by atoms with Gasteiger partial charge < -0.3 is 4.74 Å². The molecule has 24 heavy (non-hydrogen) atoms. The number of esters is 1. The van der Waals surface area contributed by atoms with Crippen molar-refractivity contribution in [1.29, 1.82) is 0 Å². The fourth-order valence-corrected chi connectivity index (χ4v) is 3.00. The Morgan fingerprint density at radius 3 is 2.62 bits per heavy atom. The van der Waals surface area contributed by atoms with Gasteiger partial charge in [0.2, 0.25) is 0 Å². The van der Waals surface area contributed by atoms with Gasteiger partial charge in [-0.15, -0.1) is 0 Å². The van der Waals surface area contributed by atoms with Crippen LogP contribution in [0.4, 0.5) is 0 Å². The van der Waals surface area contributed by atoms with Crippen LogP contribution in [0.2, 0.25) is 0 Å². The number of benzene rings is 1. The highest BCUT2D eigenvalue weighted by Crippen LogP contribution is 2.24. The molecule has 1 amide bonds. The van der Waals surface area contributed by atoms with E-state index < -0.39 is 17.9 Å². The summed E-state index contributed by atoms with van der Waals surface area (Å²) in [7, 11) is 0. The van der Waals surface area contributed by atoms with Gasteiger partial charge in [-0.2, -0.15) is 0 Å². The number of amides is 1. The van der Waals surface area contributed by atoms with Gasteiger partial charge in [0.1, 0.15) is 11.8 Å². The quantitative estimate of drug-likeness (QED) is 0.569. The second-order valence-electron chi connectivity index (χ2n) is 5.65. The van der Waals surface area contributed by atoms with Gasteiger partial charge in [0, 0.05) is 22.4 Å². The van der Waals surface area contributed by atoms with Gasteiger partial charge in [0.25, 0.3) is 5.91 Å². The average molecular weight is 397 g/mol. The summed E-state index contributed by atoms with van der Waals surface area (Å²) >= 11 is 3.31. The van der Waals surface area contributed by atoms with Gasteiger partial charge >= 0.3 is 5.97 Å². The molecule has 0 spiro atoms. The molecule has 1 aromatic carbocycles. The third kappa shape index (κ3) is 4.88. The molecule has 0 aromatic heterocycles. The maximum absolute atomic E-state index is 12.2. The molecule has 2 N–H and O–H groups in total. The number of hydrogen-bond acceptors (Lipinski definition) is 5. The first-order valence-electron chi connectivity index (χ1n) is 8.03. The first-order chi connectivity index (χ1) is 11.5. The summed E-state index contributed by atoms with van der Waals surface area (Å²) in [5.74, 6) is -1.33. The molecule has 1 aliphatic carbocycles. The van der Waals surface area contributed by atoms with E-state index in [4.69, 9.17) is 4.74 Å². The van der Waals surface area contributed by atoms with E-state index in [2.05, 4.69) is 26.8 Å². The fourth-order valence-electron chi connectivity index (χ4n) is 2.73. The maximum atomic E-state index is 12.2. The number of hydrazine groups is 1. The lowest BCUT2D eigenvalue weighted by molar-refractivity contribution is -0.150. The predicted octanol–water partition coefficient (Wildman–Crippen LogP) is 2.37. The van der Waals surface area contributed by atoms with Crippen LogP contribution in [0, 0.1) is 5.92 Å². The summed E-state index contributed by atoms with van der Waals surface area (Å²) in [6, 6.07) is 5.96. The molecule has 1 saturated carbocycles. The van der Waals surface area contributed by atoms with Gasteiger partial charge in [0.15, 0.2) is 0 Å². The third-order valence-electron chi connectivity index (χ3n) is 3.99. The van der Waals surface area contributed by atoms with Crippen molar-refractivity contribution in [2.45, 2.75) is 38.6 Å². The van der Waals surface area contributed by atoms with Crippen LogP contribution in [0.1, 0.15) is 43.0 Å². The van der Waals surface area contributed by atoms with Crippen LogP contribution >= 0.6 is 15.9 Å². The van der Waals surface area contributed by atoms with E-state index in [1.165, 1.54) is 0 Å². The number of halogens is 1. The Bertz CT molecular complexity index is 603. The minimum Gasteiger partial charge on any atom is -0.465 e. The van der Waals surface area contributed by atoms with Crippen molar-refractivity contribution in [3.8, 4) is 0 Å². The molecule has 2 atom stereocenters. The molecule has 0 heterocycles. The van der Waals surface area contributed by atoms with Crippen LogP contribution in [-0.4, -0.2) is 30.3 Å². The average Bonchev–Trinajstić information content (AvgIpc) is 2.57. The Morgan fingerprint density at radius 2 is 2.00 bits per heavy atom. The molecular formula is C17H21BrN2O4. The molecule has 130 valence electrons. The second kappa shape index (κ2) is 8.94. The molecule has 1 unspecified atom stereocenters. The van der Waals surface area contributed by atoms with Crippen LogP contribution in [-0.2, 0) is 14.3 Å². The molecule has 1 aromatic rings. The molecule has 7 heteroatoms. The number of nitrogens with one attached hydrogen (secondary N) is 2. The zero-order valence-electron chi connectivity index (χ0n) is 13.5. The number of Topliss-reactive ketones (excluding diaryl/α,β-unsaturated/α-hetero) is 1. The number of carbonyl (C=O) groups excluding carboxylic acids is 3. The monoisotopic (exact) mass is 396 g/mol. The number of carbonyl (C=O) groups is 3. The van der Waals surface area contributed by atoms with Crippen molar-refractivity contribution in [1.82, 2.24) is 10.9 Å². The summed E-state index contributed by atoms with van der Waals surface area (Å²) in [6.07, 6.45) is 2.80. The van der Waals surface area contributed by atoms with Crippen LogP contribution in [0.25, 0.3) is 0 Å². The van der Waals surface area contributed by atoms with Crippen LogP contribution < -0.4 is 10.9 Å². The molecule has 6 nitrogen and oxygen atoms in total. The van der Waals surface area contributed by atoms with Gasteiger partial charge in [0.05, 0.1) is 6.61 Å². The van der Waals surface area contributed by atoms with Crippen molar-refractivity contribution in [3.05, 3.63) is 34.3 Å². The number of hydrogen-bond donors (Lipinski definition) is 2. The van der Waals surface area contributed by atoms with Gasteiger partial charge in [-0.25, -0.2) is 5.43 Å². The lowest BCUT2D eigenvalue weighted by Crippen LogP contribution is -2.54. The highest BCUT2D eigenvalue weighted by molar-refractivity contribution is 9.10. The van der Waals surface area contributed by atoms with Gasteiger partial charge in [-0.3, -0.25) is 19.8 Å². The Hall–Kier alpha value is -1.73. The third-order valence-corrected chi connectivity index (χ3v) is 4.52. The molecule has 0 bridgehead atoms. The van der Waals surface area contributed by atoms with Crippen molar-refractivity contribution in [3.63, 3.8) is 0 Å². The van der Waals surface area contributed by atoms with Crippen molar-refractivity contribution < 1.29 is 19.1 Å². The Labute approximate surface area is 149 Å². The second-order valence-corrected chi connectivity index (χ2v) is 6.57. The summed E-state index contributed by atoms with van der Waals surface area (Å²) in [5, 5.41) is 0.